The monoisotopic (exact) mass is 336 g/mol. The summed E-state index contributed by atoms with van der Waals surface area (Å²) in [6.07, 6.45) is 4.34. The highest BCUT2D eigenvalue weighted by Crippen LogP contribution is 2.14. The minimum absolute atomic E-state index is 0.187. The Hall–Kier alpha value is -3.15. The van der Waals surface area contributed by atoms with Crippen LogP contribution in [0.3, 0.4) is 0 Å². The summed E-state index contributed by atoms with van der Waals surface area (Å²) in [6.45, 7) is 2.92. The molecule has 1 amide bonds. The molecule has 0 aliphatic heterocycles. The smallest absolute Gasteiger partial charge is 0.272 e. The normalized spacial score (nSPS) is 10.4. The highest BCUT2D eigenvalue weighted by Gasteiger charge is 2.09. The summed E-state index contributed by atoms with van der Waals surface area (Å²) < 4.78 is 5.72. The van der Waals surface area contributed by atoms with Crippen LogP contribution in [-0.2, 0) is 19.6 Å². The predicted molar refractivity (Wildman–Crippen MR) is 94.1 cm³/mol. The topological polar surface area (TPSA) is 79.9 Å². The number of hydrogen-bond acceptors (Lipinski definition) is 4. The number of hydrogen-bond donors (Lipinski definition) is 2. The van der Waals surface area contributed by atoms with E-state index in [4.69, 9.17) is 4.74 Å². The maximum absolute atomic E-state index is 12.0. The van der Waals surface area contributed by atoms with Crippen molar-refractivity contribution >= 4 is 5.91 Å². The van der Waals surface area contributed by atoms with Gasteiger partial charge in [0.25, 0.3) is 5.91 Å². The molecule has 128 valence electrons. The van der Waals surface area contributed by atoms with Gasteiger partial charge < -0.3 is 10.1 Å². The first-order chi connectivity index (χ1) is 12.2. The Kier molecular flexibility index (Phi) is 5.41. The van der Waals surface area contributed by atoms with Crippen molar-refractivity contribution in [2.24, 2.45) is 0 Å². The molecule has 2 aromatic heterocycles. The molecule has 0 aliphatic carbocycles. The average molecular weight is 336 g/mol. The van der Waals surface area contributed by atoms with Gasteiger partial charge in [-0.1, -0.05) is 25.1 Å². The quantitative estimate of drug-likeness (QED) is 0.695. The number of nitrogens with one attached hydrogen (secondary N) is 2. The lowest BCUT2D eigenvalue weighted by atomic mass is 10.2. The molecule has 6 nitrogen and oxygen atoms in total. The minimum atomic E-state index is -0.187. The zero-order valence-electron chi connectivity index (χ0n) is 14.0. The molecule has 3 rings (SSSR count). The van der Waals surface area contributed by atoms with Gasteiger partial charge in [-0.25, -0.2) is 0 Å². The molecule has 1 aromatic carbocycles. The molecule has 0 aliphatic rings. The van der Waals surface area contributed by atoms with Gasteiger partial charge in [0.1, 0.15) is 18.1 Å². The third-order valence-electron chi connectivity index (χ3n) is 3.75. The number of ether oxygens (including phenoxy) is 1. The number of carbonyl (C=O) groups is 1. The Morgan fingerprint density at radius 1 is 1.20 bits per heavy atom. The van der Waals surface area contributed by atoms with Crippen molar-refractivity contribution in [3.05, 3.63) is 77.4 Å². The molecule has 2 heterocycles. The number of aromatic nitrogens is 3. The number of rotatable bonds is 7. The fourth-order valence-corrected chi connectivity index (χ4v) is 2.29. The van der Waals surface area contributed by atoms with E-state index in [-0.39, 0.29) is 5.91 Å². The molecule has 0 spiro atoms. The van der Waals surface area contributed by atoms with Crippen molar-refractivity contribution in [3.63, 3.8) is 0 Å². The van der Waals surface area contributed by atoms with E-state index in [9.17, 15) is 4.79 Å². The maximum Gasteiger partial charge on any atom is 0.272 e. The van der Waals surface area contributed by atoms with Gasteiger partial charge in [-0.2, -0.15) is 5.10 Å². The lowest BCUT2D eigenvalue weighted by Crippen LogP contribution is -2.23. The Balaban J connectivity index is 1.49. The van der Waals surface area contributed by atoms with Gasteiger partial charge in [-0.15, -0.1) is 0 Å². The van der Waals surface area contributed by atoms with Gasteiger partial charge in [-0.05, 0) is 36.2 Å². The SMILES string of the molecule is CCc1cc(C(=O)NCc2ccc(OCc3cccnc3)cc2)n[nH]1. The maximum atomic E-state index is 12.0. The van der Waals surface area contributed by atoms with Crippen LogP contribution < -0.4 is 10.1 Å². The van der Waals surface area contributed by atoms with Gasteiger partial charge in [0.2, 0.25) is 0 Å². The minimum Gasteiger partial charge on any atom is -0.489 e. The second-order valence-corrected chi connectivity index (χ2v) is 5.61. The fraction of sp³-hybridized carbons (Fsp3) is 0.211. The van der Waals surface area contributed by atoms with E-state index in [1.54, 1.807) is 18.5 Å². The first kappa shape index (κ1) is 16.7. The second-order valence-electron chi connectivity index (χ2n) is 5.61. The summed E-state index contributed by atoms with van der Waals surface area (Å²) in [7, 11) is 0. The van der Waals surface area contributed by atoms with Crippen LogP contribution in [-0.4, -0.2) is 21.1 Å². The van der Waals surface area contributed by atoms with Crippen LogP contribution in [0.25, 0.3) is 0 Å². The zero-order valence-corrected chi connectivity index (χ0v) is 14.0. The number of amides is 1. The summed E-state index contributed by atoms with van der Waals surface area (Å²) in [6, 6.07) is 13.3. The number of carbonyl (C=O) groups excluding carboxylic acids is 1. The zero-order chi connectivity index (χ0) is 17.5. The third kappa shape index (κ3) is 4.67. The van der Waals surface area contributed by atoms with Crippen LogP contribution in [0.2, 0.25) is 0 Å². The second kappa shape index (κ2) is 8.10. The van der Waals surface area contributed by atoms with Crippen molar-refractivity contribution in [2.45, 2.75) is 26.5 Å². The highest BCUT2D eigenvalue weighted by molar-refractivity contribution is 5.92. The molecule has 0 unspecified atom stereocenters. The summed E-state index contributed by atoms with van der Waals surface area (Å²) in [5.41, 5.74) is 3.37. The van der Waals surface area contributed by atoms with E-state index >= 15 is 0 Å². The average Bonchev–Trinajstić information content (AvgIpc) is 3.15. The molecule has 0 saturated carbocycles. The Bertz CT molecular complexity index is 813. The molecule has 0 saturated heterocycles. The van der Waals surface area contributed by atoms with Gasteiger partial charge >= 0.3 is 0 Å². The highest BCUT2D eigenvalue weighted by atomic mass is 16.5. The summed E-state index contributed by atoms with van der Waals surface area (Å²) in [5, 5.41) is 9.70. The molecule has 0 radical (unpaired) electrons. The number of pyridine rings is 1. The van der Waals surface area contributed by atoms with Gasteiger partial charge in [0, 0.05) is 30.2 Å². The van der Waals surface area contributed by atoms with Crippen molar-refractivity contribution in [1.29, 1.82) is 0 Å². The van der Waals surface area contributed by atoms with Gasteiger partial charge in [0.15, 0.2) is 0 Å². The first-order valence-electron chi connectivity index (χ1n) is 8.17. The van der Waals surface area contributed by atoms with Crippen LogP contribution in [0.4, 0.5) is 0 Å². The summed E-state index contributed by atoms with van der Waals surface area (Å²) in [5.74, 6) is 0.590. The predicted octanol–water partition coefficient (Wildman–Crippen LogP) is 2.88. The van der Waals surface area contributed by atoms with Crippen molar-refractivity contribution < 1.29 is 9.53 Å². The van der Waals surface area contributed by atoms with E-state index in [0.29, 0.717) is 18.8 Å². The van der Waals surface area contributed by atoms with E-state index in [2.05, 4.69) is 20.5 Å². The van der Waals surface area contributed by atoms with E-state index in [0.717, 1.165) is 29.0 Å². The Labute approximate surface area is 146 Å². The summed E-state index contributed by atoms with van der Waals surface area (Å²) in [4.78, 5) is 16.1. The lowest BCUT2D eigenvalue weighted by molar-refractivity contribution is 0.0946. The standard InChI is InChI=1S/C19H20N4O2/c1-2-16-10-18(23-22-16)19(24)21-12-14-5-7-17(8-6-14)25-13-15-4-3-9-20-11-15/h3-11H,2,12-13H2,1H3,(H,21,24)(H,22,23). The summed E-state index contributed by atoms with van der Waals surface area (Å²) >= 11 is 0. The van der Waals surface area contributed by atoms with Crippen molar-refractivity contribution in [2.75, 3.05) is 0 Å². The molecule has 0 bridgehead atoms. The van der Waals surface area contributed by atoms with Gasteiger partial charge in [0.05, 0.1) is 0 Å². The van der Waals surface area contributed by atoms with E-state index in [1.165, 1.54) is 0 Å². The number of H-pyrrole nitrogens is 1. The van der Waals surface area contributed by atoms with E-state index in [1.807, 2.05) is 43.3 Å². The third-order valence-corrected chi connectivity index (χ3v) is 3.75. The van der Waals surface area contributed by atoms with Crippen LogP contribution in [0.5, 0.6) is 5.75 Å². The molecule has 0 atom stereocenters. The largest absolute Gasteiger partial charge is 0.489 e. The fourth-order valence-electron chi connectivity index (χ4n) is 2.29. The van der Waals surface area contributed by atoms with Crippen molar-refractivity contribution in [1.82, 2.24) is 20.5 Å². The van der Waals surface area contributed by atoms with E-state index < -0.39 is 0 Å². The number of benzene rings is 1. The molecular weight excluding hydrogens is 316 g/mol. The molecular formula is C19H20N4O2. The Morgan fingerprint density at radius 3 is 2.72 bits per heavy atom. The number of aryl methyl sites for hydroxylation is 1. The van der Waals surface area contributed by atoms with Gasteiger partial charge in [-0.3, -0.25) is 14.9 Å². The molecule has 2 N–H and O–H groups in total. The Morgan fingerprint density at radius 2 is 2.04 bits per heavy atom. The number of nitrogens with zero attached hydrogens (tertiary/aromatic N) is 2. The van der Waals surface area contributed by atoms with Crippen LogP contribution in [0.1, 0.15) is 34.2 Å². The molecule has 3 aromatic rings. The molecule has 0 fully saturated rings. The first-order valence-corrected chi connectivity index (χ1v) is 8.17. The van der Waals surface area contributed by atoms with Crippen LogP contribution >= 0.6 is 0 Å². The van der Waals surface area contributed by atoms with Crippen molar-refractivity contribution in [3.8, 4) is 5.75 Å². The number of aromatic amines is 1. The molecule has 6 heteroatoms. The van der Waals surface area contributed by atoms with Crippen LogP contribution in [0, 0.1) is 0 Å². The lowest BCUT2D eigenvalue weighted by Gasteiger charge is -2.08. The molecule has 25 heavy (non-hydrogen) atoms. The van der Waals surface area contributed by atoms with Crippen LogP contribution in [0.15, 0.2) is 54.9 Å².